The lowest BCUT2D eigenvalue weighted by Crippen LogP contribution is -2.30. The largest absolute Gasteiger partial charge is 0.465 e. The summed E-state index contributed by atoms with van der Waals surface area (Å²) in [5.41, 5.74) is 0.392. The highest BCUT2D eigenvalue weighted by Gasteiger charge is 2.33. The van der Waals surface area contributed by atoms with E-state index < -0.39 is 28.9 Å². The van der Waals surface area contributed by atoms with Gasteiger partial charge in [-0.1, -0.05) is 12.1 Å². The summed E-state index contributed by atoms with van der Waals surface area (Å²) < 4.78 is 15.1. The van der Waals surface area contributed by atoms with Gasteiger partial charge < -0.3 is 14.2 Å². The highest BCUT2D eigenvalue weighted by atomic mass is 16.6. The van der Waals surface area contributed by atoms with Crippen LogP contribution in [0.15, 0.2) is 24.3 Å². The first-order valence-electron chi connectivity index (χ1n) is 7.54. The van der Waals surface area contributed by atoms with Crippen LogP contribution in [-0.4, -0.2) is 37.2 Å². The maximum Gasteiger partial charge on any atom is 0.320 e. The third-order valence-corrected chi connectivity index (χ3v) is 3.33. The molecule has 8 heteroatoms. The topological polar surface area (TPSA) is 105 Å². The summed E-state index contributed by atoms with van der Waals surface area (Å²) in [4.78, 5) is 34.4. The summed E-state index contributed by atoms with van der Waals surface area (Å²) in [6.07, 6.45) is -0.723. The van der Waals surface area contributed by atoms with Crippen molar-refractivity contribution < 1.29 is 28.7 Å². The Morgan fingerprint density at radius 1 is 1.17 bits per heavy atom. The van der Waals surface area contributed by atoms with Gasteiger partial charge in [0, 0.05) is 25.7 Å². The molecule has 132 valence electrons. The van der Waals surface area contributed by atoms with Crippen LogP contribution in [-0.2, 0) is 23.8 Å². The van der Waals surface area contributed by atoms with Crippen molar-refractivity contribution in [2.75, 3.05) is 20.3 Å². The Morgan fingerprint density at radius 3 is 2.21 bits per heavy atom. The fraction of sp³-hybridized carbons (Fsp3) is 0.500. The van der Waals surface area contributed by atoms with Crippen LogP contribution in [0.25, 0.3) is 0 Å². The third-order valence-electron chi connectivity index (χ3n) is 3.33. The number of methoxy groups -OCH3 is 1. The number of carbonyl (C=O) groups excluding carboxylic acids is 2. The molecular formula is C16H21NO7. The fourth-order valence-electron chi connectivity index (χ4n) is 2.20. The molecule has 0 aromatic heterocycles. The van der Waals surface area contributed by atoms with E-state index in [2.05, 4.69) is 0 Å². The molecule has 8 nitrogen and oxygen atoms in total. The number of ether oxygens (including phenoxy) is 3. The molecule has 0 heterocycles. The molecule has 0 fully saturated rings. The van der Waals surface area contributed by atoms with E-state index in [9.17, 15) is 19.7 Å². The molecule has 1 atom stereocenters. The maximum atomic E-state index is 12.0. The number of nitrogens with zero attached hydrogens (tertiary/aromatic N) is 1. The van der Waals surface area contributed by atoms with Crippen LogP contribution in [0.3, 0.4) is 0 Å². The molecule has 0 bridgehead atoms. The maximum absolute atomic E-state index is 12.0. The van der Waals surface area contributed by atoms with Crippen LogP contribution < -0.4 is 0 Å². The van der Waals surface area contributed by atoms with Gasteiger partial charge in [0.05, 0.1) is 24.2 Å². The molecule has 0 aliphatic rings. The van der Waals surface area contributed by atoms with Crippen molar-refractivity contribution in [2.24, 2.45) is 5.92 Å². The van der Waals surface area contributed by atoms with Crippen LogP contribution in [0, 0.1) is 16.0 Å². The minimum absolute atomic E-state index is 0.0324. The monoisotopic (exact) mass is 339 g/mol. The predicted octanol–water partition coefficient (Wildman–Crippen LogP) is 2.41. The van der Waals surface area contributed by atoms with E-state index in [0.717, 1.165) is 0 Å². The van der Waals surface area contributed by atoms with Crippen molar-refractivity contribution in [3.63, 3.8) is 0 Å². The molecule has 0 spiro atoms. The van der Waals surface area contributed by atoms with E-state index in [-0.39, 0.29) is 25.3 Å². The average Bonchev–Trinajstić information content (AvgIpc) is 2.56. The van der Waals surface area contributed by atoms with E-state index in [0.29, 0.717) is 5.56 Å². The molecule has 0 amide bonds. The molecule has 0 aliphatic heterocycles. The number of esters is 2. The Balaban J connectivity index is 3.03. The molecule has 1 unspecified atom stereocenters. The van der Waals surface area contributed by atoms with Crippen molar-refractivity contribution >= 4 is 17.6 Å². The molecule has 0 N–H and O–H groups in total. The van der Waals surface area contributed by atoms with Crippen LogP contribution in [0.2, 0.25) is 0 Å². The Labute approximate surface area is 139 Å². The SMILES string of the molecule is CCOC(=O)C(CC(OC)c1cccc([N+](=O)[O-])c1)C(=O)OCC. The summed E-state index contributed by atoms with van der Waals surface area (Å²) in [6.45, 7) is 3.52. The molecule has 1 aromatic carbocycles. The molecule has 0 radical (unpaired) electrons. The average molecular weight is 339 g/mol. The zero-order valence-corrected chi connectivity index (χ0v) is 13.9. The number of hydrogen-bond acceptors (Lipinski definition) is 7. The summed E-state index contributed by atoms with van der Waals surface area (Å²) >= 11 is 0. The molecule has 0 saturated carbocycles. The third kappa shape index (κ3) is 5.31. The number of benzene rings is 1. The number of nitro benzene ring substituents is 1. The second-order valence-electron chi connectivity index (χ2n) is 4.87. The first-order valence-corrected chi connectivity index (χ1v) is 7.54. The summed E-state index contributed by atoms with van der Waals surface area (Å²) in [5.74, 6) is -2.57. The van der Waals surface area contributed by atoms with Gasteiger partial charge in [-0.3, -0.25) is 19.7 Å². The number of hydrogen-bond donors (Lipinski definition) is 0. The van der Waals surface area contributed by atoms with E-state index in [1.807, 2.05) is 0 Å². The predicted molar refractivity (Wildman–Crippen MR) is 84.2 cm³/mol. The van der Waals surface area contributed by atoms with Crippen molar-refractivity contribution in [2.45, 2.75) is 26.4 Å². The summed E-state index contributed by atoms with van der Waals surface area (Å²) in [7, 11) is 1.40. The Bertz CT molecular complexity index is 570. The van der Waals surface area contributed by atoms with E-state index in [1.165, 1.54) is 25.3 Å². The van der Waals surface area contributed by atoms with Crippen LogP contribution >= 0.6 is 0 Å². The smallest absolute Gasteiger partial charge is 0.320 e. The van der Waals surface area contributed by atoms with Gasteiger partial charge in [0.2, 0.25) is 0 Å². The molecule has 0 saturated heterocycles. The molecule has 0 aliphatic carbocycles. The van der Waals surface area contributed by atoms with E-state index >= 15 is 0 Å². The molecular weight excluding hydrogens is 318 g/mol. The van der Waals surface area contributed by atoms with Crippen molar-refractivity contribution in [3.05, 3.63) is 39.9 Å². The number of non-ortho nitro benzene ring substituents is 1. The summed E-state index contributed by atoms with van der Waals surface area (Å²) in [5, 5.41) is 10.9. The van der Waals surface area contributed by atoms with Crippen LogP contribution in [0.5, 0.6) is 0 Å². The Kier molecular flexibility index (Phi) is 7.84. The minimum Gasteiger partial charge on any atom is -0.465 e. The van der Waals surface area contributed by atoms with Gasteiger partial charge in [-0.2, -0.15) is 0 Å². The standard InChI is InChI=1S/C16H21NO7/c1-4-23-15(18)13(16(19)24-5-2)10-14(22-3)11-7-6-8-12(9-11)17(20)21/h6-9,13-14H,4-5,10H2,1-3H3. The lowest BCUT2D eigenvalue weighted by molar-refractivity contribution is -0.385. The Morgan fingerprint density at radius 2 is 1.75 bits per heavy atom. The lowest BCUT2D eigenvalue weighted by Gasteiger charge is -2.20. The molecule has 24 heavy (non-hydrogen) atoms. The molecule has 1 aromatic rings. The highest BCUT2D eigenvalue weighted by molar-refractivity contribution is 5.94. The van der Waals surface area contributed by atoms with Gasteiger partial charge in [-0.15, -0.1) is 0 Å². The second kappa shape index (κ2) is 9.61. The Hall–Kier alpha value is -2.48. The van der Waals surface area contributed by atoms with Gasteiger partial charge in [-0.25, -0.2) is 0 Å². The van der Waals surface area contributed by atoms with Gasteiger partial charge >= 0.3 is 11.9 Å². The number of carbonyl (C=O) groups is 2. The van der Waals surface area contributed by atoms with Gasteiger partial charge in [0.1, 0.15) is 0 Å². The first kappa shape index (κ1) is 19.6. The van der Waals surface area contributed by atoms with Crippen LogP contribution in [0.1, 0.15) is 31.9 Å². The lowest BCUT2D eigenvalue weighted by atomic mass is 9.96. The van der Waals surface area contributed by atoms with Crippen molar-refractivity contribution in [1.82, 2.24) is 0 Å². The fourth-order valence-corrected chi connectivity index (χ4v) is 2.20. The highest BCUT2D eigenvalue weighted by Crippen LogP contribution is 2.28. The summed E-state index contributed by atoms with van der Waals surface area (Å²) in [6, 6.07) is 5.85. The van der Waals surface area contributed by atoms with Gasteiger partial charge in [-0.05, 0) is 19.4 Å². The van der Waals surface area contributed by atoms with Gasteiger partial charge in [0.25, 0.3) is 5.69 Å². The zero-order chi connectivity index (χ0) is 18.1. The first-order chi connectivity index (χ1) is 11.4. The van der Waals surface area contributed by atoms with Crippen molar-refractivity contribution in [3.8, 4) is 0 Å². The quantitative estimate of drug-likeness (QED) is 0.294. The second-order valence-corrected chi connectivity index (χ2v) is 4.87. The number of nitro groups is 1. The van der Waals surface area contributed by atoms with Crippen LogP contribution in [0.4, 0.5) is 5.69 Å². The number of rotatable bonds is 9. The zero-order valence-electron chi connectivity index (χ0n) is 13.9. The normalized spacial score (nSPS) is 11.8. The van der Waals surface area contributed by atoms with E-state index in [1.54, 1.807) is 19.9 Å². The van der Waals surface area contributed by atoms with E-state index in [4.69, 9.17) is 14.2 Å². The van der Waals surface area contributed by atoms with Crippen molar-refractivity contribution in [1.29, 1.82) is 0 Å². The van der Waals surface area contributed by atoms with Gasteiger partial charge in [0.15, 0.2) is 5.92 Å². The minimum atomic E-state index is -1.16. The molecule has 1 rings (SSSR count).